The molecule has 0 fully saturated rings. The zero-order valence-electron chi connectivity index (χ0n) is 12.9. The summed E-state index contributed by atoms with van der Waals surface area (Å²) in [4.78, 5) is 15.4. The summed E-state index contributed by atoms with van der Waals surface area (Å²) >= 11 is 0. The summed E-state index contributed by atoms with van der Waals surface area (Å²) in [6, 6.07) is 3.71. The molecule has 5 nitrogen and oxygen atoms in total. The van der Waals surface area contributed by atoms with Crippen LogP contribution in [0.1, 0.15) is 17.8 Å². The first-order valence-electron chi connectivity index (χ1n) is 6.87. The molecule has 0 spiro atoms. The molecule has 0 radical (unpaired) electrons. The van der Waals surface area contributed by atoms with Gasteiger partial charge in [-0.2, -0.15) is 13.2 Å². The number of imidazole rings is 1. The number of rotatable bonds is 4. The first-order chi connectivity index (χ1) is 11.0. The molecule has 1 amide bonds. The maximum absolute atomic E-state index is 13.4. The number of anilines is 1. The first-order valence-corrected chi connectivity index (χ1v) is 6.87. The SMILES string of the molecule is Cc1ccc(NC(=O)C[C@](O)(c2nccn2C)C(F)(F)F)cc1F. The van der Waals surface area contributed by atoms with E-state index in [4.69, 9.17) is 0 Å². The van der Waals surface area contributed by atoms with Gasteiger partial charge in [-0.1, -0.05) is 6.07 Å². The van der Waals surface area contributed by atoms with Crippen molar-refractivity contribution in [2.75, 3.05) is 5.32 Å². The van der Waals surface area contributed by atoms with E-state index in [2.05, 4.69) is 10.3 Å². The van der Waals surface area contributed by atoms with Crippen LogP contribution in [0.15, 0.2) is 30.6 Å². The molecule has 2 N–H and O–H groups in total. The number of nitrogens with zero attached hydrogens (tertiary/aromatic N) is 2. The summed E-state index contributed by atoms with van der Waals surface area (Å²) in [5, 5.41) is 12.2. The van der Waals surface area contributed by atoms with Crippen molar-refractivity contribution in [3.8, 4) is 0 Å². The largest absolute Gasteiger partial charge is 0.425 e. The third kappa shape index (κ3) is 3.40. The molecule has 24 heavy (non-hydrogen) atoms. The fourth-order valence-electron chi connectivity index (χ4n) is 2.18. The quantitative estimate of drug-likeness (QED) is 0.837. The number of aryl methyl sites for hydroxylation is 2. The Kier molecular flexibility index (Phi) is 4.66. The third-order valence-electron chi connectivity index (χ3n) is 3.53. The second-order valence-corrected chi connectivity index (χ2v) is 5.41. The lowest BCUT2D eigenvalue weighted by molar-refractivity contribution is -0.270. The van der Waals surface area contributed by atoms with Crippen molar-refractivity contribution in [2.24, 2.45) is 7.05 Å². The van der Waals surface area contributed by atoms with Crippen LogP contribution in [-0.4, -0.2) is 26.7 Å². The van der Waals surface area contributed by atoms with Crippen LogP contribution in [0.2, 0.25) is 0 Å². The van der Waals surface area contributed by atoms with Crippen molar-refractivity contribution in [2.45, 2.75) is 25.1 Å². The number of nitrogens with one attached hydrogen (secondary N) is 1. The fourth-order valence-corrected chi connectivity index (χ4v) is 2.18. The summed E-state index contributed by atoms with van der Waals surface area (Å²) in [7, 11) is 1.27. The van der Waals surface area contributed by atoms with Crippen LogP contribution >= 0.6 is 0 Å². The van der Waals surface area contributed by atoms with Crippen molar-refractivity contribution < 1.29 is 27.5 Å². The number of carbonyl (C=O) groups is 1. The molecule has 2 aromatic rings. The van der Waals surface area contributed by atoms with Gasteiger partial charge in [0, 0.05) is 25.1 Å². The summed E-state index contributed by atoms with van der Waals surface area (Å²) in [6.45, 7) is 1.50. The Morgan fingerprint density at radius 3 is 2.54 bits per heavy atom. The maximum Gasteiger partial charge on any atom is 0.425 e. The number of hydrogen-bond donors (Lipinski definition) is 2. The Morgan fingerprint density at radius 2 is 2.04 bits per heavy atom. The van der Waals surface area contributed by atoms with Crippen LogP contribution in [0.5, 0.6) is 0 Å². The molecule has 0 aliphatic carbocycles. The van der Waals surface area contributed by atoms with Gasteiger partial charge in [-0.05, 0) is 24.6 Å². The molecule has 0 bridgehead atoms. The van der Waals surface area contributed by atoms with Crippen molar-refractivity contribution >= 4 is 11.6 Å². The summed E-state index contributed by atoms with van der Waals surface area (Å²) in [5.41, 5.74) is -3.14. The van der Waals surface area contributed by atoms with E-state index < -0.39 is 35.7 Å². The predicted molar refractivity (Wildman–Crippen MR) is 77.5 cm³/mol. The van der Waals surface area contributed by atoms with Gasteiger partial charge in [-0.3, -0.25) is 4.79 Å². The van der Waals surface area contributed by atoms with Gasteiger partial charge >= 0.3 is 6.18 Å². The number of halogens is 4. The number of aromatic nitrogens is 2. The smallest absolute Gasteiger partial charge is 0.374 e. The van der Waals surface area contributed by atoms with Crippen LogP contribution in [0.3, 0.4) is 0 Å². The van der Waals surface area contributed by atoms with Gasteiger partial charge in [0.05, 0.1) is 6.42 Å². The van der Waals surface area contributed by atoms with Crippen LogP contribution in [0.25, 0.3) is 0 Å². The molecule has 0 unspecified atom stereocenters. The number of alkyl halides is 3. The summed E-state index contributed by atoms with van der Waals surface area (Å²) in [5.74, 6) is -2.44. The second kappa shape index (κ2) is 6.23. The number of aliphatic hydroxyl groups is 1. The second-order valence-electron chi connectivity index (χ2n) is 5.41. The number of hydrogen-bond acceptors (Lipinski definition) is 3. The standard InChI is InChI=1S/C15H15F4N3O2/c1-9-3-4-10(7-11(9)16)21-12(23)8-14(24,15(17,18)19)13-20-5-6-22(13)2/h3-7,24H,8H2,1-2H3,(H,21,23)/t14-/m0/s1. The normalized spacial score (nSPS) is 14.3. The van der Waals surface area contributed by atoms with Gasteiger partial charge in [0.15, 0.2) is 5.82 Å². The van der Waals surface area contributed by atoms with Gasteiger partial charge < -0.3 is 15.0 Å². The summed E-state index contributed by atoms with van der Waals surface area (Å²) in [6.07, 6.45) is -4.13. The molecule has 130 valence electrons. The van der Waals surface area contributed by atoms with E-state index in [1.165, 1.54) is 32.3 Å². The Morgan fingerprint density at radius 1 is 1.38 bits per heavy atom. The van der Waals surface area contributed by atoms with Gasteiger partial charge in [0.2, 0.25) is 11.5 Å². The van der Waals surface area contributed by atoms with Crippen molar-refractivity contribution in [3.63, 3.8) is 0 Å². The van der Waals surface area contributed by atoms with E-state index in [0.29, 0.717) is 5.56 Å². The van der Waals surface area contributed by atoms with E-state index >= 15 is 0 Å². The number of amides is 1. The average molecular weight is 345 g/mol. The highest BCUT2D eigenvalue weighted by Gasteiger charge is 2.58. The molecular weight excluding hydrogens is 330 g/mol. The Bertz CT molecular complexity index is 757. The Hall–Kier alpha value is -2.42. The molecule has 0 aliphatic rings. The van der Waals surface area contributed by atoms with Crippen LogP contribution in [0.4, 0.5) is 23.2 Å². The first kappa shape index (κ1) is 17.9. The minimum atomic E-state index is -5.12. The summed E-state index contributed by atoms with van der Waals surface area (Å²) < 4.78 is 54.4. The lowest BCUT2D eigenvalue weighted by Crippen LogP contribution is -2.46. The van der Waals surface area contributed by atoms with E-state index in [1.54, 1.807) is 0 Å². The van der Waals surface area contributed by atoms with E-state index in [0.717, 1.165) is 16.8 Å². The highest BCUT2D eigenvalue weighted by molar-refractivity contribution is 5.91. The lowest BCUT2D eigenvalue weighted by atomic mass is 9.97. The molecule has 1 aromatic heterocycles. The molecule has 9 heteroatoms. The number of carbonyl (C=O) groups excluding carboxylic acids is 1. The number of benzene rings is 1. The van der Waals surface area contributed by atoms with E-state index in [9.17, 15) is 27.5 Å². The fraction of sp³-hybridized carbons (Fsp3) is 0.333. The zero-order chi connectivity index (χ0) is 18.1. The molecular formula is C15H15F4N3O2. The zero-order valence-corrected chi connectivity index (χ0v) is 12.9. The molecule has 0 saturated heterocycles. The molecule has 1 aromatic carbocycles. The minimum Gasteiger partial charge on any atom is -0.374 e. The Labute approximate surface area is 134 Å². The van der Waals surface area contributed by atoms with Crippen molar-refractivity contribution in [1.29, 1.82) is 0 Å². The van der Waals surface area contributed by atoms with Crippen LogP contribution < -0.4 is 5.32 Å². The lowest BCUT2D eigenvalue weighted by Gasteiger charge is -2.29. The van der Waals surface area contributed by atoms with Crippen LogP contribution in [0, 0.1) is 12.7 Å². The highest BCUT2D eigenvalue weighted by atomic mass is 19.4. The monoisotopic (exact) mass is 345 g/mol. The highest BCUT2D eigenvalue weighted by Crippen LogP contribution is 2.40. The maximum atomic E-state index is 13.4. The molecule has 1 heterocycles. The van der Waals surface area contributed by atoms with Gasteiger partial charge in [0.25, 0.3) is 0 Å². The molecule has 0 aliphatic heterocycles. The average Bonchev–Trinajstić information content (AvgIpc) is 2.88. The van der Waals surface area contributed by atoms with Gasteiger partial charge in [-0.25, -0.2) is 9.37 Å². The topological polar surface area (TPSA) is 67.2 Å². The van der Waals surface area contributed by atoms with Gasteiger partial charge in [0.1, 0.15) is 5.82 Å². The van der Waals surface area contributed by atoms with Crippen LogP contribution in [-0.2, 0) is 17.4 Å². The predicted octanol–water partition coefficient (Wildman–Crippen LogP) is 2.65. The molecule has 1 atom stereocenters. The Balaban J connectivity index is 2.25. The van der Waals surface area contributed by atoms with Crippen molar-refractivity contribution in [1.82, 2.24) is 9.55 Å². The van der Waals surface area contributed by atoms with E-state index in [-0.39, 0.29) is 5.69 Å². The third-order valence-corrected chi connectivity index (χ3v) is 3.53. The van der Waals surface area contributed by atoms with Gasteiger partial charge in [-0.15, -0.1) is 0 Å². The van der Waals surface area contributed by atoms with Crippen molar-refractivity contribution in [3.05, 3.63) is 47.8 Å². The molecule has 2 rings (SSSR count). The minimum absolute atomic E-state index is 0.00698. The van der Waals surface area contributed by atoms with E-state index in [1.807, 2.05) is 0 Å². The molecule has 0 saturated carbocycles.